The molecule has 0 bridgehead atoms. The van der Waals surface area contributed by atoms with Gasteiger partial charge in [-0.05, 0) is 42.3 Å². The Morgan fingerprint density at radius 2 is 2.00 bits per heavy atom. The van der Waals surface area contributed by atoms with E-state index < -0.39 is 0 Å². The summed E-state index contributed by atoms with van der Waals surface area (Å²) in [4.78, 5) is 0. The Morgan fingerprint density at radius 3 is 2.65 bits per heavy atom. The molecule has 0 amide bonds. The highest BCUT2D eigenvalue weighted by Crippen LogP contribution is 2.27. The van der Waals surface area contributed by atoms with Crippen molar-refractivity contribution in [2.75, 3.05) is 0 Å². The van der Waals surface area contributed by atoms with Crippen LogP contribution in [0.3, 0.4) is 0 Å². The summed E-state index contributed by atoms with van der Waals surface area (Å²) in [7, 11) is 0. The summed E-state index contributed by atoms with van der Waals surface area (Å²) in [6.07, 6.45) is 0. The standard InChI is InChI=1S/C14H13BrO2/c1-10-7-11(9-16)5-6-14(10)17-13-4-2-3-12(15)8-13/h2-8,16H,9H2,1H3. The van der Waals surface area contributed by atoms with E-state index in [1.165, 1.54) is 0 Å². The quantitative estimate of drug-likeness (QED) is 0.925. The summed E-state index contributed by atoms with van der Waals surface area (Å²) in [5.41, 5.74) is 1.90. The first-order valence-corrected chi connectivity index (χ1v) is 6.12. The number of rotatable bonds is 3. The van der Waals surface area contributed by atoms with E-state index >= 15 is 0 Å². The van der Waals surface area contributed by atoms with Crippen LogP contribution in [-0.4, -0.2) is 5.11 Å². The highest BCUT2D eigenvalue weighted by Gasteiger charge is 2.02. The van der Waals surface area contributed by atoms with Gasteiger partial charge in [0.15, 0.2) is 0 Å². The Labute approximate surface area is 109 Å². The largest absolute Gasteiger partial charge is 0.457 e. The zero-order valence-electron chi connectivity index (χ0n) is 9.48. The zero-order chi connectivity index (χ0) is 12.3. The first-order chi connectivity index (χ1) is 8.19. The molecule has 0 fully saturated rings. The van der Waals surface area contributed by atoms with E-state index in [2.05, 4.69) is 15.9 Å². The molecular formula is C14H13BrO2. The fraction of sp³-hybridized carbons (Fsp3) is 0.143. The molecule has 0 heterocycles. The van der Waals surface area contributed by atoms with Gasteiger partial charge in [-0.15, -0.1) is 0 Å². The molecule has 17 heavy (non-hydrogen) atoms. The Bertz CT molecular complexity index is 523. The summed E-state index contributed by atoms with van der Waals surface area (Å²) < 4.78 is 6.76. The van der Waals surface area contributed by atoms with Crippen molar-refractivity contribution in [1.29, 1.82) is 0 Å². The van der Waals surface area contributed by atoms with Crippen molar-refractivity contribution < 1.29 is 9.84 Å². The van der Waals surface area contributed by atoms with Gasteiger partial charge in [0.2, 0.25) is 0 Å². The SMILES string of the molecule is Cc1cc(CO)ccc1Oc1cccc(Br)c1. The maximum Gasteiger partial charge on any atom is 0.130 e. The van der Waals surface area contributed by atoms with Crippen LogP contribution in [0.25, 0.3) is 0 Å². The van der Waals surface area contributed by atoms with Crippen LogP contribution in [0.4, 0.5) is 0 Å². The average molecular weight is 293 g/mol. The second-order valence-electron chi connectivity index (χ2n) is 3.82. The fourth-order valence-corrected chi connectivity index (χ4v) is 1.96. The predicted octanol–water partition coefficient (Wildman–Crippen LogP) is 4.04. The lowest BCUT2D eigenvalue weighted by Gasteiger charge is -2.09. The first-order valence-electron chi connectivity index (χ1n) is 5.33. The maximum atomic E-state index is 9.03. The van der Waals surface area contributed by atoms with E-state index in [1.54, 1.807) is 0 Å². The van der Waals surface area contributed by atoms with Crippen LogP contribution in [0.15, 0.2) is 46.9 Å². The molecule has 88 valence electrons. The third kappa shape index (κ3) is 3.08. The molecule has 0 saturated heterocycles. The van der Waals surface area contributed by atoms with Gasteiger partial charge in [0.25, 0.3) is 0 Å². The summed E-state index contributed by atoms with van der Waals surface area (Å²) in [5.74, 6) is 1.60. The van der Waals surface area contributed by atoms with Crippen molar-refractivity contribution in [3.05, 3.63) is 58.1 Å². The lowest BCUT2D eigenvalue weighted by atomic mass is 10.1. The van der Waals surface area contributed by atoms with Gasteiger partial charge in [-0.3, -0.25) is 0 Å². The monoisotopic (exact) mass is 292 g/mol. The van der Waals surface area contributed by atoms with E-state index in [1.807, 2.05) is 49.4 Å². The van der Waals surface area contributed by atoms with E-state index in [-0.39, 0.29) is 6.61 Å². The Morgan fingerprint density at radius 1 is 1.18 bits per heavy atom. The van der Waals surface area contributed by atoms with Crippen molar-refractivity contribution in [3.63, 3.8) is 0 Å². The number of ether oxygens (including phenoxy) is 1. The van der Waals surface area contributed by atoms with Crippen LogP contribution < -0.4 is 4.74 Å². The van der Waals surface area contributed by atoms with Crippen LogP contribution in [0, 0.1) is 6.92 Å². The normalized spacial score (nSPS) is 10.3. The Balaban J connectivity index is 2.24. The van der Waals surface area contributed by atoms with Gasteiger partial charge in [0, 0.05) is 4.47 Å². The van der Waals surface area contributed by atoms with Gasteiger partial charge in [-0.25, -0.2) is 0 Å². The minimum absolute atomic E-state index is 0.0536. The third-order valence-corrected chi connectivity index (χ3v) is 2.94. The number of aliphatic hydroxyl groups is 1. The highest BCUT2D eigenvalue weighted by atomic mass is 79.9. The van der Waals surface area contributed by atoms with Crippen LogP contribution in [0.5, 0.6) is 11.5 Å². The molecule has 0 aliphatic heterocycles. The van der Waals surface area contributed by atoms with E-state index in [9.17, 15) is 0 Å². The number of aryl methyl sites for hydroxylation is 1. The minimum atomic E-state index is 0.0536. The molecule has 2 nitrogen and oxygen atoms in total. The first kappa shape index (κ1) is 12.1. The number of hydrogen-bond donors (Lipinski definition) is 1. The van der Waals surface area contributed by atoms with Crippen LogP contribution in [0.2, 0.25) is 0 Å². The van der Waals surface area contributed by atoms with Gasteiger partial charge >= 0.3 is 0 Å². The van der Waals surface area contributed by atoms with Crippen LogP contribution >= 0.6 is 15.9 Å². The molecule has 0 spiro atoms. The van der Waals surface area contributed by atoms with E-state index in [0.717, 1.165) is 27.1 Å². The molecule has 2 rings (SSSR count). The number of halogens is 1. The van der Waals surface area contributed by atoms with E-state index in [4.69, 9.17) is 9.84 Å². The minimum Gasteiger partial charge on any atom is -0.457 e. The van der Waals surface area contributed by atoms with Crippen molar-refractivity contribution in [2.24, 2.45) is 0 Å². The molecule has 0 aliphatic rings. The van der Waals surface area contributed by atoms with Crippen molar-refractivity contribution >= 4 is 15.9 Å². The topological polar surface area (TPSA) is 29.5 Å². The predicted molar refractivity (Wildman–Crippen MR) is 71.3 cm³/mol. The summed E-state index contributed by atoms with van der Waals surface area (Å²) >= 11 is 3.40. The summed E-state index contributed by atoms with van der Waals surface area (Å²) in [5, 5.41) is 9.03. The zero-order valence-corrected chi connectivity index (χ0v) is 11.1. The average Bonchev–Trinajstić information content (AvgIpc) is 2.32. The van der Waals surface area contributed by atoms with Crippen LogP contribution in [-0.2, 0) is 6.61 Å². The molecule has 3 heteroatoms. The third-order valence-electron chi connectivity index (χ3n) is 2.45. The lowest BCUT2D eigenvalue weighted by molar-refractivity contribution is 0.281. The Kier molecular flexibility index (Phi) is 3.82. The Hall–Kier alpha value is -1.32. The lowest BCUT2D eigenvalue weighted by Crippen LogP contribution is -1.90. The van der Waals surface area contributed by atoms with Gasteiger partial charge in [0.05, 0.1) is 6.61 Å². The molecule has 2 aromatic carbocycles. The molecule has 0 aliphatic carbocycles. The molecule has 0 aromatic heterocycles. The molecular weight excluding hydrogens is 280 g/mol. The molecule has 0 radical (unpaired) electrons. The smallest absolute Gasteiger partial charge is 0.130 e. The van der Waals surface area contributed by atoms with Gasteiger partial charge < -0.3 is 9.84 Å². The number of hydrogen-bond acceptors (Lipinski definition) is 2. The fourth-order valence-electron chi connectivity index (χ4n) is 1.58. The van der Waals surface area contributed by atoms with Gasteiger partial charge in [-0.2, -0.15) is 0 Å². The second kappa shape index (κ2) is 5.34. The number of benzene rings is 2. The molecule has 0 atom stereocenters. The number of aliphatic hydroxyl groups excluding tert-OH is 1. The van der Waals surface area contributed by atoms with Gasteiger partial charge in [-0.1, -0.05) is 34.1 Å². The maximum absolute atomic E-state index is 9.03. The van der Waals surface area contributed by atoms with Crippen molar-refractivity contribution in [1.82, 2.24) is 0 Å². The van der Waals surface area contributed by atoms with Crippen LogP contribution in [0.1, 0.15) is 11.1 Å². The van der Waals surface area contributed by atoms with Gasteiger partial charge in [0.1, 0.15) is 11.5 Å². The second-order valence-corrected chi connectivity index (χ2v) is 4.73. The summed E-state index contributed by atoms with van der Waals surface area (Å²) in [6.45, 7) is 2.02. The van der Waals surface area contributed by atoms with Crippen molar-refractivity contribution in [2.45, 2.75) is 13.5 Å². The van der Waals surface area contributed by atoms with E-state index in [0.29, 0.717) is 0 Å². The molecule has 2 aromatic rings. The molecule has 1 N–H and O–H groups in total. The molecule has 0 unspecified atom stereocenters. The highest BCUT2D eigenvalue weighted by molar-refractivity contribution is 9.10. The summed E-state index contributed by atoms with van der Waals surface area (Å²) in [6, 6.07) is 13.4. The van der Waals surface area contributed by atoms with Crippen molar-refractivity contribution in [3.8, 4) is 11.5 Å². The molecule has 0 saturated carbocycles.